The topological polar surface area (TPSA) is 38.7 Å². The Kier molecular flexibility index (Phi) is 5.43. The molecule has 1 atom stereocenters. The van der Waals surface area contributed by atoms with Gasteiger partial charge in [0.2, 0.25) is 0 Å². The van der Waals surface area contributed by atoms with Crippen molar-refractivity contribution >= 4 is 15.9 Å². The second-order valence-corrected chi connectivity index (χ2v) is 4.42. The lowest BCUT2D eigenvalue weighted by molar-refractivity contribution is -0.325. The minimum Gasteiger partial charge on any atom is -0.491 e. The number of benzene rings is 1. The highest BCUT2D eigenvalue weighted by atomic mass is 79.9. The van der Waals surface area contributed by atoms with E-state index in [9.17, 15) is 18.3 Å². The smallest absolute Gasteiger partial charge is 0.491 e. The number of aliphatic hydroxyl groups is 1. The summed E-state index contributed by atoms with van der Waals surface area (Å²) in [4.78, 5) is 0. The molecule has 0 heterocycles. The Morgan fingerprint density at radius 3 is 2.56 bits per heavy atom. The van der Waals surface area contributed by atoms with Crippen LogP contribution in [0.4, 0.5) is 13.2 Å². The quantitative estimate of drug-likeness (QED) is 0.842. The van der Waals surface area contributed by atoms with Gasteiger partial charge in [-0.05, 0) is 19.1 Å². The van der Waals surface area contributed by atoms with E-state index < -0.39 is 19.1 Å². The fourth-order valence-corrected chi connectivity index (χ4v) is 1.63. The number of hydrogen-bond acceptors (Lipinski definition) is 3. The molecule has 0 saturated heterocycles. The molecule has 0 spiro atoms. The van der Waals surface area contributed by atoms with Gasteiger partial charge in [-0.2, -0.15) is 0 Å². The summed E-state index contributed by atoms with van der Waals surface area (Å²) in [5.41, 5.74) is 0.505. The SMILES string of the molecule is C[C@@H](O)c1ccc(Br)cc1OCCOC(F)(F)F. The van der Waals surface area contributed by atoms with Gasteiger partial charge in [0.25, 0.3) is 0 Å². The van der Waals surface area contributed by atoms with Gasteiger partial charge in [0.05, 0.1) is 12.7 Å². The molecule has 0 aliphatic rings. The zero-order chi connectivity index (χ0) is 13.8. The van der Waals surface area contributed by atoms with Crippen molar-refractivity contribution in [2.75, 3.05) is 13.2 Å². The van der Waals surface area contributed by atoms with Crippen LogP contribution in [0.25, 0.3) is 0 Å². The summed E-state index contributed by atoms with van der Waals surface area (Å²) in [6, 6.07) is 4.92. The highest BCUT2D eigenvalue weighted by molar-refractivity contribution is 9.10. The van der Waals surface area contributed by atoms with E-state index in [4.69, 9.17) is 4.74 Å². The second kappa shape index (κ2) is 6.40. The fourth-order valence-electron chi connectivity index (χ4n) is 1.29. The molecule has 0 saturated carbocycles. The lowest BCUT2D eigenvalue weighted by atomic mass is 10.1. The molecule has 1 rings (SSSR count). The molecule has 0 aromatic heterocycles. The van der Waals surface area contributed by atoms with Crippen LogP contribution in [0.1, 0.15) is 18.6 Å². The maximum absolute atomic E-state index is 11.7. The number of halogens is 4. The van der Waals surface area contributed by atoms with Gasteiger partial charge in [-0.25, -0.2) is 0 Å². The highest BCUT2D eigenvalue weighted by Crippen LogP contribution is 2.28. The van der Waals surface area contributed by atoms with E-state index in [0.717, 1.165) is 0 Å². The van der Waals surface area contributed by atoms with Crippen LogP contribution in [0.2, 0.25) is 0 Å². The van der Waals surface area contributed by atoms with Gasteiger partial charge in [0, 0.05) is 10.0 Å². The summed E-state index contributed by atoms with van der Waals surface area (Å²) in [6.07, 6.45) is -5.43. The Bertz CT molecular complexity index is 394. The first-order valence-corrected chi connectivity index (χ1v) is 5.90. The largest absolute Gasteiger partial charge is 0.522 e. The van der Waals surface area contributed by atoms with E-state index in [0.29, 0.717) is 15.8 Å². The third kappa shape index (κ3) is 5.24. The lowest BCUT2D eigenvalue weighted by Crippen LogP contribution is -2.18. The van der Waals surface area contributed by atoms with Gasteiger partial charge in [0.15, 0.2) is 0 Å². The van der Waals surface area contributed by atoms with Crippen LogP contribution in [-0.2, 0) is 4.74 Å². The molecule has 0 radical (unpaired) electrons. The van der Waals surface area contributed by atoms with E-state index in [1.165, 1.54) is 0 Å². The molecule has 0 aliphatic heterocycles. The van der Waals surface area contributed by atoms with Crippen molar-refractivity contribution in [3.8, 4) is 5.75 Å². The maximum atomic E-state index is 11.7. The van der Waals surface area contributed by atoms with Crippen LogP contribution < -0.4 is 4.74 Å². The molecule has 1 N–H and O–H groups in total. The molecular weight excluding hydrogens is 317 g/mol. The van der Waals surface area contributed by atoms with Gasteiger partial charge in [-0.15, -0.1) is 13.2 Å². The third-order valence-corrected chi connectivity index (χ3v) is 2.53. The number of hydrogen-bond donors (Lipinski definition) is 1. The molecule has 0 unspecified atom stereocenters. The predicted octanol–water partition coefficient (Wildman–Crippen LogP) is 3.42. The zero-order valence-corrected chi connectivity index (χ0v) is 11.1. The molecule has 0 fully saturated rings. The fraction of sp³-hybridized carbons (Fsp3) is 0.455. The highest BCUT2D eigenvalue weighted by Gasteiger charge is 2.28. The first-order chi connectivity index (χ1) is 8.29. The van der Waals surface area contributed by atoms with Crippen molar-refractivity contribution in [1.29, 1.82) is 0 Å². The molecule has 3 nitrogen and oxygen atoms in total. The van der Waals surface area contributed by atoms with Gasteiger partial charge in [0.1, 0.15) is 12.4 Å². The average molecular weight is 329 g/mol. The lowest BCUT2D eigenvalue weighted by Gasteiger charge is -2.14. The monoisotopic (exact) mass is 328 g/mol. The van der Waals surface area contributed by atoms with Crippen molar-refractivity contribution in [2.24, 2.45) is 0 Å². The van der Waals surface area contributed by atoms with Crippen LogP contribution in [0.5, 0.6) is 5.75 Å². The first kappa shape index (κ1) is 15.3. The molecule has 102 valence electrons. The van der Waals surface area contributed by atoms with E-state index in [1.807, 2.05) is 0 Å². The zero-order valence-electron chi connectivity index (χ0n) is 9.50. The Balaban J connectivity index is 2.58. The molecule has 1 aromatic rings. The van der Waals surface area contributed by atoms with Crippen LogP contribution in [0, 0.1) is 0 Å². The van der Waals surface area contributed by atoms with Crippen molar-refractivity contribution in [3.63, 3.8) is 0 Å². The van der Waals surface area contributed by atoms with Crippen LogP contribution >= 0.6 is 15.9 Å². The van der Waals surface area contributed by atoms with Crippen LogP contribution in [-0.4, -0.2) is 24.7 Å². The summed E-state index contributed by atoms with van der Waals surface area (Å²) in [5.74, 6) is 0.324. The number of alkyl halides is 3. The van der Waals surface area contributed by atoms with Crippen LogP contribution in [0.3, 0.4) is 0 Å². The van der Waals surface area contributed by atoms with Crippen LogP contribution in [0.15, 0.2) is 22.7 Å². The summed E-state index contributed by atoms with van der Waals surface area (Å²) >= 11 is 3.21. The van der Waals surface area contributed by atoms with E-state index >= 15 is 0 Å². The Labute approximate surface area is 111 Å². The summed E-state index contributed by atoms with van der Waals surface area (Å²) in [6.45, 7) is 0.688. The molecule has 0 bridgehead atoms. The summed E-state index contributed by atoms with van der Waals surface area (Å²) in [7, 11) is 0. The Morgan fingerprint density at radius 2 is 2.00 bits per heavy atom. The van der Waals surface area contributed by atoms with Gasteiger partial charge in [-0.3, -0.25) is 4.74 Å². The molecule has 0 aliphatic carbocycles. The first-order valence-electron chi connectivity index (χ1n) is 5.10. The minimum absolute atomic E-state index is 0.254. The standard InChI is InChI=1S/C11H12BrF3O3/c1-7(16)9-3-2-8(12)6-10(9)17-4-5-18-11(13,14)15/h2-3,6-7,16H,4-5H2,1H3/t7-/m1/s1. The van der Waals surface area contributed by atoms with Gasteiger partial charge >= 0.3 is 6.36 Å². The summed E-state index contributed by atoms with van der Waals surface area (Å²) < 4.78 is 44.6. The molecular formula is C11H12BrF3O3. The summed E-state index contributed by atoms with van der Waals surface area (Å²) in [5, 5.41) is 9.47. The van der Waals surface area contributed by atoms with Crippen molar-refractivity contribution in [1.82, 2.24) is 0 Å². The Morgan fingerprint density at radius 1 is 1.33 bits per heavy atom. The number of aliphatic hydroxyl groups excluding tert-OH is 1. The van der Waals surface area contributed by atoms with Gasteiger partial charge in [-0.1, -0.05) is 22.0 Å². The molecule has 18 heavy (non-hydrogen) atoms. The average Bonchev–Trinajstić information content (AvgIpc) is 2.22. The van der Waals surface area contributed by atoms with Crippen molar-refractivity contribution < 1.29 is 27.8 Å². The van der Waals surface area contributed by atoms with E-state index in [1.54, 1.807) is 25.1 Å². The van der Waals surface area contributed by atoms with Crippen molar-refractivity contribution in [2.45, 2.75) is 19.4 Å². The van der Waals surface area contributed by atoms with Crippen molar-refractivity contribution in [3.05, 3.63) is 28.2 Å². The van der Waals surface area contributed by atoms with Gasteiger partial charge < -0.3 is 9.84 Å². The number of rotatable bonds is 5. The maximum Gasteiger partial charge on any atom is 0.522 e. The second-order valence-electron chi connectivity index (χ2n) is 3.50. The predicted molar refractivity (Wildman–Crippen MR) is 62.3 cm³/mol. The minimum atomic E-state index is -4.66. The molecule has 7 heteroatoms. The molecule has 1 aromatic carbocycles. The van der Waals surface area contributed by atoms with E-state index in [2.05, 4.69) is 20.7 Å². The molecule has 0 amide bonds. The van der Waals surface area contributed by atoms with E-state index in [-0.39, 0.29) is 6.61 Å². The normalized spacial score (nSPS) is 13.4. The number of ether oxygens (including phenoxy) is 2. The third-order valence-electron chi connectivity index (χ3n) is 2.03. The Hall–Kier alpha value is -0.790.